The number of carbonyl (C=O) groups is 1. The van der Waals surface area contributed by atoms with E-state index in [2.05, 4.69) is 9.71 Å². The normalized spacial score (nSPS) is 12.2. The molecular weight excluding hydrogens is 496 g/mol. The van der Waals surface area contributed by atoms with E-state index in [0.717, 1.165) is 5.56 Å². The summed E-state index contributed by atoms with van der Waals surface area (Å²) >= 11 is 1.44. The molecule has 0 amide bonds. The van der Waals surface area contributed by atoms with Crippen LogP contribution in [0, 0.1) is 0 Å². The number of oxazole rings is 1. The minimum atomic E-state index is -4.25. The molecule has 1 aromatic heterocycles. The van der Waals surface area contributed by atoms with Gasteiger partial charge in [-0.15, -0.1) is 0 Å². The molecule has 0 aliphatic rings. The lowest BCUT2D eigenvalue weighted by molar-refractivity contribution is -0.144. The first-order chi connectivity index (χ1) is 17.5. The van der Waals surface area contributed by atoms with Gasteiger partial charge in [-0.05, 0) is 24.6 Å². The largest absolute Gasteiger partial charge is 0.465 e. The number of rotatable bonds is 11. The van der Waals surface area contributed by atoms with Gasteiger partial charge in [0.15, 0.2) is 5.76 Å². The molecular formula is C27H26N2O5S2. The molecule has 0 radical (unpaired) electrons. The lowest BCUT2D eigenvalue weighted by Gasteiger charge is -2.16. The fourth-order valence-corrected chi connectivity index (χ4v) is 5.85. The summed E-state index contributed by atoms with van der Waals surface area (Å²) in [7, 11) is -4.25. The Hall–Kier alpha value is -3.40. The van der Waals surface area contributed by atoms with Gasteiger partial charge in [0.05, 0.1) is 6.61 Å². The lowest BCUT2D eigenvalue weighted by Crippen LogP contribution is -2.43. The minimum absolute atomic E-state index is 0.0986. The second kappa shape index (κ2) is 12.0. The Morgan fingerprint density at radius 2 is 1.53 bits per heavy atom. The predicted octanol–water partition coefficient (Wildman–Crippen LogP) is 5.15. The Balaban J connectivity index is 1.64. The number of sulfonamides is 1. The van der Waals surface area contributed by atoms with E-state index >= 15 is 0 Å². The van der Waals surface area contributed by atoms with Gasteiger partial charge in [0.1, 0.15) is 6.04 Å². The number of nitrogens with one attached hydrogen (secondary N) is 1. The van der Waals surface area contributed by atoms with Gasteiger partial charge in [-0.3, -0.25) is 4.79 Å². The summed E-state index contributed by atoms with van der Waals surface area (Å²) < 4.78 is 40.8. The van der Waals surface area contributed by atoms with Crippen molar-refractivity contribution in [1.82, 2.24) is 9.71 Å². The fraction of sp³-hybridized carbons (Fsp3) is 0.185. The second-order valence-corrected chi connectivity index (χ2v) is 10.5. The van der Waals surface area contributed by atoms with Gasteiger partial charge < -0.3 is 9.15 Å². The van der Waals surface area contributed by atoms with Crippen LogP contribution in [0.25, 0.3) is 22.8 Å². The summed E-state index contributed by atoms with van der Waals surface area (Å²) in [5.74, 6) is 0.435. The van der Waals surface area contributed by atoms with E-state index in [1.807, 2.05) is 54.6 Å². The molecule has 186 valence electrons. The van der Waals surface area contributed by atoms with E-state index in [9.17, 15) is 13.2 Å². The van der Waals surface area contributed by atoms with Gasteiger partial charge >= 0.3 is 5.97 Å². The Labute approximate surface area is 215 Å². The van der Waals surface area contributed by atoms with Crippen molar-refractivity contribution in [3.8, 4) is 22.8 Å². The van der Waals surface area contributed by atoms with Gasteiger partial charge in [0.25, 0.3) is 10.0 Å². The summed E-state index contributed by atoms with van der Waals surface area (Å²) in [5.41, 5.74) is 2.26. The number of ether oxygens (including phenoxy) is 1. The van der Waals surface area contributed by atoms with E-state index in [-0.39, 0.29) is 29.0 Å². The van der Waals surface area contributed by atoms with Crippen LogP contribution in [-0.4, -0.2) is 37.8 Å². The van der Waals surface area contributed by atoms with Crippen LogP contribution in [-0.2, 0) is 25.3 Å². The molecule has 0 unspecified atom stereocenters. The molecule has 0 bridgehead atoms. The van der Waals surface area contributed by atoms with Crippen LogP contribution in [0.5, 0.6) is 0 Å². The lowest BCUT2D eigenvalue weighted by atomic mass is 10.2. The first kappa shape index (κ1) is 25.7. The van der Waals surface area contributed by atoms with Crippen molar-refractivity contribution in [3.63, 3.8) is 0 Å². The number of benzene rings is 3. The molecule has 1 N–H and O–H groups in total. The molecule has 3 aromatic carbocycles. The van der Waals surface area contributed by atoms with Crippen molar-refractivity contribution in [2.75, 3.05) is 12.4 Å². The molecule has 1 heterocycles. The van der Waals surface area contributed by atoms with E-state index in [0.29, 0.717) is 16.9 Å². The van der Waals surface area contributed by atoms with Crippen LogP contribution in [0.15, 0.2) is 100 Å². The van der Waals surface area contributed by atoms with E-state index in [1.54, 1.807) is 43.3 Å². The third-order valence-electron chi connectivity index (χ3n) is 5.17. The zero-order valence-electron chi connectivity index (χ0n) is 19.7. The summed E-state index contributed by atoms with van der Waals surface area (Å²) in [5, 5.41) is -0.282. The zero-order valence-corrected chi connectivity index (χ0v) is 21.3. The van der Waals surface area contributed by atoms with E-state index < -0.39 is 22.0 Å². The van der Waals surface area contributed by atoms with Crippen LogP contribution in [0.2, 0.25) is 0 Å². The molecule has 0 aliphatic heterocycles. The Bertz CT molecular complexity index is 1380. The number of nitrogens with zero attached hydrogens (tertiary/aromatic N) is 1. The Kier molecular flexibility index (Phi) is 8.58. The number of carbonyl (C=O) groups excluding carboxylic acids is 1. The molecule has 7 nitrogen and oxygen atoms in total. The van der Waals surface area contributed by atoms with Gasteiger partial charge in [-0.25, -0.2) is 8.42 Å². The molecule has 4 rings (SSSR count). The summed E-state index contributed by atoms with van der Waals surface area (Å²) in [6.45, 7) is 1.82. The van der Waals surface area contributed by atoms with Crippen LogP contribution in [0.1, 0.15) is 12.5 Å². The van der Waals surface area contributed by atoms with Crippen LogP contribution in [0.4, 0.5) is 0 Å². The maximum atomic E-state index is 13.6. The van der Waals surface area contributed by atoms with Gasteiger partial charge in [0, 0.05) is 22.6 Å². The Morgan fingerprint density at radius 1 is 0.944 bits per heavy atom. The maximum absolute atomic E-state index is 13.6. The third kappa shape index (κ3) is 6.42. The third-order valence-corrected chi connectivity index (χ3v) is 7.66. The first-order valence-corrected chi connectivity index (χ1v) is 14.0. The molecule has 9 heteroatoms. The number of aromatic nitrogens is 1. The molecule has 1 atom stereocenters. The highest BCUT2D eigenvalue weighted by molar-refractivity contribution is 7.98. The highest BCUT2D eigenvalue weighted by atomic mass is 32.2. The summed E-state index contributed by atoms with van der Waals surface area (Å²) in [6, 6.07) is 26.6. The van der Waals surface area contributed by atoms with Gasteiger partial charge in [-0.2, -0.15) is 21.5 Å². The standard InChI is InChI=1S/C27H26N2O5S2/c1-2-33-27(30)23(19-35-18-20-12-6-3-7-13-20)29-36(31,32)26-24(21-14-8-4-9-15-21)34-25(28-26)22-16-10-5-11-17-22/h3-17,23,29H,2,18-19H2,1H3/t23-/m0/s1. The molecule has 0 saturated heterocycles. The molecule has 4 aromatic rings. The molecule has 0 fully saturated rings. The van der Waals surface area contributed by atoms with Gasteiger partial charge in [0.2, 0.25) is 10.9 Å². The van der Waals surface area contributed by atoms with Gasteiger partial charge in [-0.1, -0.05) is 78.9 Å². The monoisotopic (exact) mass is 522 g/mol. The molecule has 0 aliphatic carbocycles. The molecule has 0 saturated carbocycles. The highest BCUT2D eigenvalue weighted by Gasteiger charge is 2.32. The van der Waals surface area contributed by atoms with Crippen molar-refractivity contribution < 1.29 is 22.4 Å². The second-order valence-electron chi connectivity index (χ2n) is 7.81. The average molecular weight is 523 g/mol. The number of hydrogen-bond acceptors (Lipinski definition) is 7. The van der Waals surface area contributed by atoms with Crippen molar-refractivity contribution in [3.05, 3.63) is 96.6 Å². The van der Waals surface area contributed by atoms with E-state index in [4.69, 9.17) is 9.15 Å². The summed E-state index contributed by atoms with van der Waals surface area (Å²) in [4.78, 5) is 17.0. The number of thioether (sulfide) groups is 1. The van der Waals surface area contributed by atoms with Crippen LogP contribution in [0.3, 0.4) is 0 Å². The van der Waals surface area contributed by atoms with Crippen LogP contribution >= 0.6 is 11.8 Å². The van der Waals surface area contributed by atoms with Crippen molar-refractivity contribution >= 4 is 27.8 Å². The smallest absolute Gasteiger partial charge is 0.325 e. The Morgan fingerprint density at radius 3 is 2.14 bits per heavy atom. The van der Waals surface area contributed by atoms with E-state index in [1.165, 1.54) is 11.8 Å². The highest BCUT2D eigenvalue weighted by Crippen LogP contribution is 2.32. The van der Waals surface area contributed by atoms with Crippen molar-refractivity contribution in [2.45, 2.75) is 23.7 Å². The minimum Gasteiger partial charge on any atom is -0.465 e. The first-order valence-electron chi connectivity index (χ1n) is 11.4. The summed E-state index contributed by atoms with van der Waals surface area (Å²) in [6.07, 6.45) is 0. The zero-order chi connectivity index (χ0) is 25.4. The topological polar surface area (TPSA) is 98.5 Å². The quantitative estimate of drug-likeness (QED) is 0.272. The van der Waals surface area contributed by atoms with Crippen molar-refractivity contribution in [1.29, 1.82) is 0 Å². The molecule has 36 heavy (non-hydrogen) atoms. The maximum Gasteiger partial charge on any atom is 0.325 e. The predicted molar refractivity (Wildman–Crippen MR) is 141 cm³/mol. The van der Waals surface area contributed by atoms with Crippen LogP contribution < -0.4 is 4.72 Å². The van der Waals surface area contributed by atoms with Crippen molar-refractivity contribution in [2.24, 2.45) is 0 Å². The SMILES string of the molecule is CCOC(=O)[C@H](CSCc1ccccc1)NS(=O)(=O)c1nc(-c2ccccc2)oc1-c1ccccc1. The fourth-order valence-electron chi connectivity index (χ4n) is 3.47. The average Bonchev–Trinajstić information content (AvgIpc) is 3.37. The number of esters is 1. The number of hydrogen-bond donors (Lipinski definition) is 1. The molecule has 0 spiro atoms.